The van der Waals surface area contributed by atoms with Crippen LogP contribution in [0, 0.1) is 5.92 Å². The van der Waals surface area contributed by atoms with E-state index < -0.39 is 17.7 Å². The molecule has 2 atom stereocenters. The maximum atomic E-state index is 13.3. The molecule has 0 saturated carbocycles. The van der Waals surface area contributed by atoms with Crippen molar-refractivity contribution in [3.8, 4) is 5.75 Å². The predicted molar refractivity (Wildman–Crippen MR) is 104 cm³/mol. The number of rotatable bonds is 2. The fourth-order valence-electron chi connectivity index (χ4n) is 3.87. The van der Waals surface area contributed by atoms with Gasteiger partial charge in [0, 0.05) is 25.6 Å². The van der Waals surface area contributed by atoms with E-state index in [0.29, 0.717) is 23.8 Å². The van der Waals surface area contributed by atoms with Gasteiger partial charge in [-0.2, -0.15) is 0 Å². The van der Waals surface area contributed by atoms with E-state index in [1.54, 1.807) is 7.11 Å². The minimum atomic E-state index is -0.633. The number of fused-ring (bicyclic) bond motifs is 1. The number of amides is 2. The van der Waals surface area contributed by atoms with Crippen molar-refractivity contribution in [3.63, 3.8) is 0 Å². The molecule has 2 heterocycles. The van der Waals surface area contributed by atoms with Gasteiger partial charge in [0.1, 0.15) is 17.4 Å². The molecule has 1 aromatic rings. The lowest BCUT2D eigenvalue weighted by molar-refractivity contribution is -0.134. The molecule has 0 aliphatic carbocycles. The minimum Gasteiger partial charge on any atom is -0.497 e. The number of benzene rings is 1. The van der Waals surface area contributed by atoms with E-state index in [-0.39, 0.29) is 5.91 Å². The number of nitrogens with zero attached hydrogens (tertiary/aromatic N) is 2. The van der Waals surface area contributed by atoms with Crippen LogP contribution in [0.3, 0.4) is 0 Å². The first-order valence-corrected chi connectivity index (χ1v) is 9.67. The van der Waals surface area contributed by atoms with E-state index in [1.807, 2.05) is 43.9 Å². The molecule has 148 valence electrons. The first-order valence-electron chi connectivity index (χ1n) is 9.67. The van der Waals surface area contributed by atoms with Crippen molar-refractivity contribution in [1.82, 2.24) is 4.90 Å². The average Bonchev–Trinajstić information content (AvgIpc) is 2.98. The topological polar surface area (TPSA) is 59.1 Å². The Labute approximate surface area is 161 Å². The molecule has 1 fully saturated rings. The molecule has 0 N–H and O–H groups in total. The Morgan fingerprint density at radius 2 is 1.96 bits per heavy atom. The lowest BCUT2D eigenvalue weighted by atomic mass is 9.99. The molecule has 27 heavy (non-hydrogen) atoms. The van der Waals surface area contributed by atoms with Crippen LogP contribution in [0.15, 0.2) is 18.2 Å². The Hall–Kier alpha value is -2.24. The molecule has 0 aromatic heterocycles. The lowest BCUT2D eigenvalue weighted by Gasteiger charge is -2.35. The lowest BCUT2D eigenvalue weighted by Crippen LogP contribution is -2.52. The fraction of sp³-hybridized carbons (Fsp3) is 0.619. The van der Waals surface area contributed by atoms with E-state index in [0.717, 1.165) is 31.5 Å². The van der Waals surface area contributed by atoms with E-state index in [1.165, 1.54) is 4.90 Å². The van der Waals surface area contributed by atoms with Gasteiger partial charge in [0.05, 0.1) is 12.8 Å². The summed E-state index contributed by atoms with van der Waals surface area (Å²) in [5, 5.41) is 0. The predicted octanol–water partition coefficient (Wildman–Crippen LogP) is 3.62. The number of likely N-dealkylation sites (tertiary alicyclic amines) is 1. The Balaban J connectivity index is 1.92. The summed E-state index contributed by atoms with van der Waals surface area (Å²) in [4.78, 5) is 29.7. The second-order valence-electron chi connectivity index (χ2n) is 8.60. The summed E-state index contributed by atoms with van der Waals surface area (Å²) in [6.07, 6.45) is 2.16. The molecule has 1 saturated heterocycles. The largest absolute Gasteiger partial charge is 0.497 e. The Morgan fingerprint density at radius 3 is 2.59 bits per heavy atom. The smallest absolute Gasteiger partial charge is 0.415 e. The van der Waals surface area contributed by atoms with Crippen molar-refractivity contribution in [2.45, 2.75) is 58.6 Å². The number of piperidine rings is 1. The third-order valence-corrected chi connectivity index (χ3v) is 5.12. The van der Waals surface area contributed by atoms with Gasteiger partial charge < -0.3 is 14.4 Å². The summed E-state index contributed by atoms with van der Waals surface area (Å²) in [6.45, 7) is 9.15. The van der Waals surface area contributed by atoms with Gasteiger partial charge in [-0.25, -0.2) is 4.79 Å². The highest BCUT2D eigenvalue weighted by atomic mass is 16.6. The van der Waals surface area contributed by atoms with Gasteiger partial charge in [0.15, 0.2) is 0 Å². The van der Waals surface area contributed by atoms with Gasteiger partial charge in [-0.15, -0.1) is 0 Å². The van der Waals surface area contributed by atoms with Crippen LogP contribution in [0.1, 0.15) is 46.1 Å². The summed E-state index contributed by atoms with van der Waals surface area (Å²) in [5.74, 6) is 1.14. The van der Waals surface area contributed by atoms with Crippen molar-refractivity contribution in [2.24, 2.45) is 5.92 Å². The molecule has 0 bridgehead atoms. The van der Waals surface area contributed by atoms with Crippen LogP contribution >= 0.6 is 0 Å². The van der Waals surface area contributed by atoms with Gasteiger partial charge in [-0.05, 0) is 51.2 Å². The number of methoxy groups -OCH3 is 1. The molecule has 2 amide bonds. The van der Waals surface area contributed by atoms with Gasteiger partial charge in [-0.3, -0.25) is 9.69 Å². The number of ether oxygens (including phenoxy) is 2. The monoisotopic (exact) mass is 374 g/mol. The quantitative estimate of drug-likeness (QED) is 0.793. The standard InChI is InChI=1S/C21H30N2O4/c1-14-7-6-10-22(13-14)19(24)18-11-15-8-9-16(26-5)12-17(15)23(18)20(25)27-21(2,3)4/h8-9,12,14,18H,6-7,10-11,13H2,1-5H3/t14-,18?/m0/s1. The third kappa shape index (κ3) is 4.20. The van der Waals surface area contributed by atoms with Crippen LogP contribution in [0.25, 0.3) is 0 Å². The van der Waals surface area contributed by atoms with Crippen molar-refractivity contribution >= 4 is 17.7 Å². The maximum Gasteiger partial charge on any atom is 0.415 e. The van der Waals surface area contributed by atoms with Crippen molar-refractivity contribution in [1.29, 1.82) is 0 Å². The Kier molecular flexibility index (Phi) is 5.36. The summed E-state index contributed by atoms with van der Waals surface area (Å²) in [6, 6.07) is 5.04. The molecular weight excluding hydrogens is 344 g/mol. The van der Waals surface area contributed by atoms with E-state index in [9.17, 15) is 9.59 Å². The second kappa shape index (κ2) is 7.41. The molecule has 0 spiro atoms. The second-order valence-corrected chi connectivity index (χ2v) is 8.60. The third-order valence-electron chi connectivity index (χ3n) is 5.12. The number of anilines is 1. The Morgan fingerprint density at radius 1 is 1.22 bits per heavy atom. The van der Waals surface area contributed by atoms with E-state index >= 15 is 0 Å². The number of hydrogen-bond donors (Lipinski definition) is 0. The zero-order chi connectivity index (χ0) is 19.8. The molecule has 0 radical (unpaired) electrons. The summed E-state index contributed by atoms with van der Waals surface area (Å²) in [5.41, 5.74) is 1.03. The zero-order valence-corrected chi connectivity index (χ0v) is 16.9. The summed E-state index contributed by atoms with van der Waals surface area (Å²) in [7, 11) is 1.59. The van der Waals surface area contributed by atoms with Gasteiger partial charge in [0.2, 0.25) is 5.91 Å². The van der Waals surface area contributed by atoms with Gasteiger partial charge in [0.25, 0.3) is 0 Å². The van der Waals surface area contributed by atoms with Crippen LogP contribution in [-0.2, 0) is 16.0 Å². The number of carbonyl (C=O) groups is 2. The van der Waals surface area contributed by atoms with Crippen LogP contribution in [0.4, 0.5) is 10.5 Å². The molecule has 6 nitrogen and oxygen atoms in total. The van der Waals surface area contributed by atoms with Gasteiger partial charge >= 0.3 is 6.09 Å². The van der Waals surface area contributed by atoms with E-state index in [4.69, 9.17) is 9.47 Å². The minimum absolute atomic E-state index is 0.00239. The fourth-order valence-corrected chi connectivity index (χ4v) is 3.87. The van der Waals surface area contributed by atoms with Crippen LogP contribution in [-0.4, -0.2) is 48.7 Å². The summed E-state index contributed by atoms with van der Waals surface area (Å²) < 4.78 is 10.9. The average molecular weight is 374 g/mol. The molecule has 2 aliphatic heterocycles. The highest BCUT2D eigenvalue weighted by Crippen LogP contribution is 2.37. The highest BCUT2D eigenvalue weighted by Gasteiger charge is 2.42. The van der Waals surface area contributed by atoms with Crippen LogP contribution in [0.2, 0.25) is 0 Å². The maximum absolute atomic E-state index is 13.3. The molecular formula is C21H30N2O4. The normalized spacial score (nSPS) is 22.4. The highest BCUT2D eigenvalue weighted by molar-refractivity contribution is 6.01. The SMILES string of the molecule is COc1ccc2c(c1)N(C(=O)OC(C)(C)C)C(C(=O)N1CCC[C@H](C)C1)C2. The molecule has 1 aromatic carbocycles. The number of hydrogen-bond acceptors (Lipinski definition) is 4. The van der Waals surface area contributed by atoms with Crippen molar-refractivity contribution < 1.29 is 19.1 Å². The molecule has 1 unspecified atom stereocenters. The molecule has 6 heteroatoms. The van der Waals surface area contributed by atoms with Gasteiger partial charge in [-0.1, -0.05) is 13.0 Å². The van der Waals surface area contributed by atoms with Crippen LogP contribution < -0.4 is 9.64 Å². The summed E-state index contributed by atoms with van der Waals surface area (Å²) >= 11 is 0. The Bertz CT molecular complexity index is 725. The van der Waals surface area contributed by atoms with Crippen molar-refractivity contribution in [2.75, 3.05) is 25.1 Å². The first kappa shape index (κ1) is 19.5. The number of carbonyl (C=O) groups excluding carboxylic acids is 2. The van der Waals surface area contributed by atoms with Crippen molar-refractivity contribution in [3.05, 3.63) is 23.8 Å². The molecule has 3 rings (SSSR count). The van der Waals surface area contributed by atoms with E-state index in [2.05, 4.69) is 6.92 Å². The molecule has 2 aliphatic rings. The zero-order valence-electron chi connectivity index (χ0n) is 16.9. The first-order chi connectivity index (χ1) is 12.7. The van der Waals surface area contributed by atoms with Crippen LogP contribution in [0.5, 0.6) is 5.75 Å².